The highest BCUT2D eigenvalue weighted by molar-refractivity contribution is 5.71. The molecule has 0 aliphatic rings. The highest BCUT2D eigenvalue weighted by atomic mass is 19.1. The molecule has 0 saturated heterocycles. The lowest BCUT2D eigenvalue weighted by Gasteiger charge is -2.18. The van der Waals surface area contributed by atoms with E-state index in [-0.39, 0.29) is 5.75 Å². The van der Waals surface area contributed by atoms with Crippen LogP contribution in [0.25, 0.3) is 0 Å². The number of ether oxygens (including phenoxy) is 2. The van der Waals surface area contributed by atoms with Crippen LogP contribution in [0.1, 0.15) is 23.6 Å². The molecule has 0 aliphatic carbocycles. The number of hydrogen-bond acceptors (Lipinski definition) is 3. The van der Waals surface area contributed by atoms with E-state index < -0.39 is 11.8 Å². The van der Waals surface area contributed by atoms with Gasteiger partial charge in [0.05, 0.1) is 7.11 Å². The summed E-state index contributed by atoms with van der Waals surface area (Å²) in [6.45, 7) is 8.24. The maximum Gasteiger partial charge on any atom is 0.308 e. The van der Waals surface area contributed by atoms with Crippen LogP contribution in [0, 0.1) is 19.7 Å². The Bertz CT molecular complexity index is 493. The quantitative estimate of drug-likeness (QED) is 0.469. The van der Waals surface area contributed by atoms with Gasteiger partial charge in [-0.25, -0.2) is 4.39 Å². The average Bonchev–Trinajstić information content (AvgIpc) is 2.32. The van der Waals surface area contributed by atoms with Gasteiger partial charge in [0.25, 0.3) is 0 Å². The van der Waals surface area contributed by atoms with Crippen molar-refractivity contribution in [2.45, 2.75) is 27.2 Å². The standard InChI is InChI=1S/C14H17FO3/c1-6-7-11-13(17-5)9(3)8(2)12(15)14(11)18-10(4)16/h6H,1,7H2,2-5H3. The number of carbonyl (C=O) groups is 1. The van der Waals surface area contributed by atoms with E-state index >= 15 is 0 Å². The molecule has 1 aromatic carbocycles. The van der Waals surface area contributed by atoms with E-state index in [1.807, 2.05) is 0 Å². The fraction of sp³-hybridized carbons (Fsp3) is 0.357. The maximum atomic E-state index is 14.2. The van der Waals surface area contributed by atoms with E-state index in [2.05, 4.69) is 6.58 Å². The summed E-state index contributed by atoms with van der Waals surface area (Å²) < 4.78 is 24.4. The summed E-state index contributed by atoms with van der Waals surface area (Å²) in [5.41, 5.74) is 1.61. The third-order valence-electron chi connectivity index (χ3n) is 2.78. The number of rotatable bonds is 4. The number of allylic oxidation sites excluding steroid dienone is 1. The summed E-state index contributed by atoms with van der Waals surface area (Å²) in [6, 6.07) is 0. The van der Waals surface area contributed by atoms with Crippen LogP contribution in [0.2, 0.25) is 0 Å². The summed E-state index contributed by atoms with van der Waals surface area (Å²) in [5, 5.41) is 0. The lowest BCUT2D eigenvalue weighted by Crippen LogP contribution is -2.09. The van der Waals surface area contributed by atoms with Crippen molar-refractivity contribution >= 4 is 5.97 Å². The van der Waals surface area contributed by atoms with Crippen molar-refractivity contribution in [2.24, 2.45) is 0 Å². The smallest absolute Gasteiger partial charge is 0.308 e. The fourth-order valence-corrected chi connectivity index (χ4v) is 1.82. The molecule has 0 saturated carbocycles. The first-order valence-electron chi connectivity index (χ1n) is 5.58. The van der Waals surface area contributed by atoms with Crippen LogP contribution in [0.5, 0.6) is 11.5 Å². The molecule has 0 amide bonds. The lowest BCUT2D eigenvalue weighted by atomic mass is 10.00. The number of esters is 1. The van der Waals surface area contributed by atoms with Crippen LogP contribution in [-0.2, 0) is 11.2 Å². The molecule has 1 rings (SSSR count). The summed E-state index contributed by atoms with van der Waals surface area (Å²) in [6.07, 6.45) is 1.98. The van der Waals surface area contributed by atoms with Gasteiger partial charge in [0.15, 0.2) is 11.6 Å². The zero-order valence-electron chi connectivity index (χ0n) is 11.1. The number of methoxy groups -OCH3 is 1. The summed E-state index contributed by atoms with van der Waals surface area (Å²) in [5.74, 6) is -0.628. The zero-order chi connectivity index (χ0) is 13.9. The van der Waals surface area contributed by atoms with Crippen molar-refractivity contribution in [3.8, 4) is 11.5 Å². The maximum absolute atomic E-state index is 14.2. The first-order valence-corrected chi connectivity index (χ1v) is 5.58. The number of carbonyl (C=O) groups excluding carboxylic acids is 1. The van der Waals surface area contributed by atoms with Crippen molar-refractivity contribution in [2.75, 3.05) is 7.11 Å². The first-order chi connectivity index (χ1) is 8.43. The molecule has 1 aromatic rings. The molecule has 0 atom stereocenters. The average molecular weight is 252 g/mol. The Kier molecular flexibility index (Phi) is 4.48. The molecule has 0 bridgehead atoms. The van der Waals surface area contributed by atoms with Crippen LogP contribution in [0.4, 0.5) is 4.39 Å². The molecule has 3 nitrogen and oxygen atoms in total. The van der Waals surface area contributed by atoms with Crippen molar-refractivity contribution in [1.29, 1.82) is 0 Å². The van der Waals surface area contributed by atoms with Gasteiger partial charge in [-0.3, -0.25) is 4.79 Å². The van der Waals surface area contributed by atoms with Gasteiger partial charge in [-0.15, -0.1) is 6.58 Å². The fourth-order valence-electron chi connectivity index (χ4n) is 1.82. The molecule has 0 radical (unpaired) electrons. The van der Waals surface area contributed by atoms with Gasteiger partial charge in [0.2, 0.25) is 0 Å². The van der Waals surface area contributed by atoms with Gasteiger partial charge in [-0.05, 0) is 31.4 Å². The molecule has 0 heterocycles. The minimum Gasteiger partial charge on any atom is -0.496 e. The van der Waals surface area contributed by atoms with Gasteiger partial charge < -0.3 is 9.47 Å². The molecule has 98 valence electrons. The SMILES string of the molecule is C=CCc1c(OC)c(C)c(C)c(F)c1OC(C)=O. The van der Waals surface area contributed by atoms with Crippen molar-refractivity contribution in [3.05, 3.63) is 35.2 Å². The molecule has 18 heavy (non-hydrogen) atoms. The summed E-state index contributed by atoms with van der Waals surface area (Å²) >= 11 is 0. The highest BCUT2D eigenvalue weighted by Crippen LogP contribution is 2.38. The third kappa shape index (κ3) is 2.53. The van der Waals surface area contributed by atoms with Crippen LogP contribution < -0.4 is 9.47 Å². The Morgan fingerprint density at radius 2 is 1.94 bits per heavy atom. The second-order valence-electron chi connectivity index (χ2n) is 3.99. The molecule has 0 fully saturated rings. The molecule has 0 aliphatic heterocycles. The Hall–Kier alpha value is -1.84. The van der Waals surface area contributed by atoms with Crippen LogP contribution in [0.3, 0.4) is 0 Å². The van der Waals surface area contributed by atoms with E-state index in [1.54, 1.807) is 19.9 Å². The van der Waals surface area contributed by atoms with Crippen LogP contribution in [-0.4, -0.2) is 13.1 Å². The van der Waals surface area contributed by atoms with E-state index in [0.29, 0.717) is 28.9 Å². The van der Waals surface area contributed by atoms with E-state index in [0.717, 1.165) is 0 Å². The molecule has 0 aromatic heterocycles. The van der Waals surface area contributed by atoms with Gasteiger partial charge in [0, 0.05) is 12.5 Å². The van der Waals surface area contributed by atoms with Gasteiger partial charge in [-0.1, -0.05) is 6.08 Å². The second kappa shape index (κ2) is 5.67. The molecule has 0 N–H and O–H groups in total. The summed E-state index contributed by atoms with van der Waals surface area (Å²) in [4.78, 5) is 11.1. The predicted molar refractivity (Wildman–Crippen MR) is 67.6 cm³/mol. The normalized spacial score (nSPS) is 10.1. The molecular formula is C14H17FO3. The number of halogens is 1. The molecule has 0 spiro atoms. The Morgan fingerprint density at radius 1 is 1.33 bits per heavy atom. The molecular weight excluding hydrogens is 235 g/mol. The van der Waals surface area contributed by atoms with E-state index in [1.165, 1.54) is 14.0 Å². The predicted octanol–water partition coefficient (Wildman–Crippen LogP) is 3.10. The van der Waals surface area contributed by atoms with Crippen LogP contribution in [0.15, 0.2) is 12.7 Å². The highest BCUT2D eigenvalue weighted by Gasteiger charge is 2.22. The van der Waals surface area contributed by atoms with Crippen molar-refractivity contribution in [3.63, 3.8) is 0 Å². The Balaban J connectivity index is 3.58. The largest absolute Gasteiger partial charge is 0.496 e. The number of hydrogen-bond donors (Lipinski definition) is 0. The Morgan fingerprint density at radius 3 is 2.39 bits per heavy atom. The van der Waals surface area contributed by atoms with Gasteiger partial charge >= 0.3 is 5.97 Å². The topological polar surface area (TPSA) is 35.5 Å². The first kappa shape index (κ1) is 14.2. The zero-order valence-corrected chi connectivity index (χ0v) is 11.1. The minimum absolute atomic E-state index is 0.0673. The van der Waals surface area contributed by atoms with Crippen molar-refractivity contribution in [1.82, 2.24) is 0 Å². The second-order valence-corrected chi connectivity index (χ2v) is 3.99. The summed E-state index contributed by atoms with van der Waals surface area (Å²) in [7, 11) is 1.50. The monoisotopic (exact) mass is 252 g/mol. The van der Waals surface area contributed by atoms with E-state index in [4.69, 9.17) is 9.47 Å². The van der Waals surface area contributed by atoms with Gasteiger partial charge in [0.1, 0.15) is 5.75 Å². The van der Waals surface area contributed by atoms with Crippen molar-refractivity contribution < 1.29 is 18.7 Å². The van der Waals surface area contributed by atoms with Crippen LogP contribution >= 0.6 is 0 Å². The lowest BCUT2D eigenvalue weighted by molar-refractivity contribution is -0.132. The molecule has 4 heteroatoms. The Labute approximate surface area is 106 Å². The van der Waals surface area contributed by atoms with Gasteiger partial charge in [-0.2, -0.15) is 0 Å². The minimum atomic E-state index is -0.565. The number of benzene rings is 1. The molecule has 0 unspecified atom stereocenters. The third-order valence-corrected chi connectivity index (χ3v) is 2.78. The van der Waals surface area contributed by atoms with E-state index in [9.17, 15) is 9.18 Å².